The van der Waals surface area contributed by atoms with Crippen LogP contribution in [0.2, 0.25) is 0 Å². The minimum Gasteiger partial charge on any atom is -0.348 e. The van der Waals surface area contributed by atoms with Gasteiger partial charge in [-0.1, -0.05) is 11.6 Å². The van der Waals surface area contributed by atoms with Crippen LogP contribution in [-0.4, -0.2) is 23.5 Å². The molecule has 0 spiro atoms. The maximum atomic E-state index is 12.9. The summed E-state index contributed by atoms with van der Waals surface area (Å²) in [6, 6.07) is 8.23. The molecule has 2 saturated carbocycles. The summed E-state index contributed by atoms with van der Waals surface area (Å²) in [5, 5.41) is 4.09. The molecule has 2 aliphatic rings. The van der Waals surface area contributed by atoms with Gasteiger partial charge in [0.25, 0.3) is 5.91 Å². The number of carbonyl (C=O) groups excluding carboxylic acids is 1. The number of hydrogen-bond donors (Lipinski definition) is 2. The van der Waals surface area contributed by atoms with Gasteiger partial charge in [0.2, 0.25) is 0 Å². The van der Waals surface area contributed by atoms with Crippen LogP contribution in [0.1, 0.15) is 53.2 Å². The number of carbonyl (C=O) groups is 1. The second kappa shape index (κ2) is 7.90. The zero-order chi connectivity index (χ0) is 16.0. The lowest BCUT2D eigenvalue weighted by atomic mass is 10.0. The first-order chi connectivity index (χ1) is 11.2. The summed E-state index contributed by atoms with van der Waals surface area (Å²) in [4.78, 5) is 17.6. The molecular weight excluding hydrogens is 357 g/mol. The number of amides is 1. The molecule has 1 atom stereocenters. The molecule has 1 aromatic heterocycles. The first-order valence-electron chi connectivity index (χ1n) is 8.58. The van der Waals surface area contributed by atoms with Crippen LogP contribution in [0.4, 0.5) is 0 Å². The van der Waals surface area contributed by atoms with E-state index in [0.29, 0.717) is 18.4 Å². The molecule has 2 fully saturated rings. The molecule has 0 radical (unpaired) electrons. The third-order valence-corrected chi connectivity index (χ3v) is 4.99. The molecule has 136 valence electrons. The highest BCUT2D eigenvalue weighted by Crippen LogP contribution is 2.40. The fraction of sp³-hybridized carbons (Fsp3) is 0.474. The average Bonchev–Trinajstić information content (AvgIpc) is 3.43. The Labute approximate surface area is 160 Å². The van der Waals surface area contributed by atoms with E-state index in [0.717, 1.165) is 27.7 Å². The standard InChI is InChI=1S/C19H23N3O.2ClH/c1-11-2-7-16-14(8-11)15(9-17(21-16)12-3-4-12)19(23)22-18(10-20)13-5-6-13;;/h2,7-9,12-13,18H,3-6,10,20H2,1H3,(H,22,23);2*1H. The van der Waals surface area contributed by atoms with Gasteiger partial charge in [0, 0.05) is 29.6 Å². The Morgan fingerprint density at radius 1 is 1.24 bits per heavy atom. The van der Waals surface area contributed by atoms with Crippen LogP contribution >= 0.6 is 24.8 Å². The minimum atomic E-state index is -0.00718. The number of hydrogen-bond acceptors (Lipinski definition) is 3. The number of aromatic nitrogens is 1. The van der Waals surface area contributed by atoms with Crippen LogP contribution in [0, 0.1) is 12.8 Å². The Kier molecular flexibility index (Phi) is 6.30. The first-order valence-corrected chi connectivity index (χ1v) is 8.58. The quantitative estimate of drug-likeness (QED) is 0.828. The second-order valence-corrected chi connectivity index (χ2v) is 7.04. The SMILES string of the molecule is Cc1ccc2nc(C3CC3)cc(C(=O)NC(CN)C3CC3)c2c1.Cl.Cl. The lowest BCUT2D eigenvalue weighted by Crippen LogP contribution is -2.41. The van der Waals surface area contributed by atoms with Crippen molar-refractivity contribution in [2.75, 3.05) is 6.54 Å². The second-order valence-electron chi connectivity index (χ2n) is 7.04. The molecule has 3 N–H and O–H groups in total. The van der Waals surface area contributed by atoms with E-state index >= 15 is 0 Å². The van der Waals surface area contributed by atoms with Gasteiger partial charge >= 0.3 is 0 Å². The zero-order valence-electron chi connectivity index (χ0n) is 14.3. The highest BCUT2D eigenvalue weighted by atomic mass is 35.5. The lowest BCUT2D eigenvalue weighted by Gasteiger charge is -2.17. The van der Waals surface area contributed by atoms with Crippen LogP contribution in [-0.2, 0) is 0 Å². The van der Waals surface area contributed by atoms with Gasteiger partial charge in [-0.15, -0.1) is 24.8 Å². The van der Waals surface area contributed by atoms with Gasteiger partial charge in [-0.25, -0.2) is 0 Å². The third kappa shape index (κ3) is 4.25. The summed E-state index contributed by atoms with van der Waals surface area (Å²) in [5.41, 5.74) is 9.71. The molecule has 2 aromatic rings. The molecular formula is C19H25Cl2N3O. The molecule has 1 aromatic carbocycles. The largest absolute Gasteiger partial charge is 0.348 e. The summed E-state index contributed by atoms with van der Waals surface area (Å²) in [6.07, 6.45) is 4.70. The normalized spacial score (nSPS) is 17.4. The number of nitrogens with zero attached hydrogens (tertiary/aromatic N) is 1. The fourth-order valence-corrected chi connectivity index (χ4v) is 3.25. The lowest BCUT2D eigenvalue weighted by molar-refractivity contribution is 0.0935. The summed E-state index contributed by atoms with van der Waals surface area (Å²) < 4.78 is 0. The van der Waals surface area contributed by atoms with Gasteiger partial charge in [0.15, 0.2) is 0 Å². The van der Waals surface area contributed by atoms with Crippen molar-refractivity contribution in [2.45, 2.75) is 44.6 Å². The van der Waals surface area contributed by atoms with Gasteiger partial charge < -0.3 is 11.1 Å². The van der Waals surface area contributed by atoms with Crippen LogP contribution in [0.15, 0.2) is 24.3 Å². The number of nitrogens with one attached hydrogen (secondary N) is 1. The topological polar surface area (TPSA) is 68.0 Å². The first kappa shape index (κ1) is 20.0. The van der Waals surface area contributed by atoms with Crippen molar-refractivity contribution in [1.82, 2.24) is 10.3 Å². The van der Waals surface area contributed by atoms with Crippen molar-refractivity contribution in [1.29, 1.82) is 0 Å². The van der Waals surface area contributed by atoms with Gasteiger partial charge in [-0.2, -0.15) is 0 Å². The Hall–Kier alpha value is -1.36. The van der Waals surface area contributed by atoms with Gasteiger partial charge in [-0.05, 0) is 56.7 Å². The monoisotopic (exact) mass is 381 g/mol. The third-order valence-electron chi connectivity index (χ3n) is 4.99. The molecule has 0 bridgehead atoms. The van der Waals surface area contributed by atoms with Crippen LogP contribution in [0.5, 0.6) is 0 Å². The van der Waals surface area contributed by atoms with Gasteiger partial charge in [-0.3, -0.25) is 9.78 Å². The summed E-state index contributed by atoms with van der Waals surface area (Å²) in [5.74, 6) is 1.08. The van der Waals surface area contributed by atoms with E-state index in [-0.39, 0.29) is 36.8 Å². The zero-order valence-corrected chi connectivity index (χ0v) is 16.0. The van der Waals surface area contributed by atoms with E-state index in [2.05, 4.69) is 17.4 Å². The molecule has 0 saturated heterocycles. The minimum absolute atomic E-state index is 0. The number of benzene rings is 1. The van der Waals surface area contributed by atoms with Crippen LogP contribution in [0.3, 0.4) is 0 Å². The van der Waals surface area contributed by atoms with E-state index in [1.165, 1.54) is 25.7 Å². The molecule has 1 unspecified atom stereocenters. The number of nitrogens with two attached hydrogens (primary N) is 1. The molecule has 1 amide bonds. The van der Waals surface area contributed by atoms with Crippen molar-refractivity contribution in [3.8, 4) is 0 Å². The van der Waals surface area contributed by atoms with E-state index in [9.17, 15) is 4.79 Å². The van der Waals surface area contributed by atoms with Crippen LogP contribution < -0.4 is 11.1 Å². The Morgan fingerprint density at radius 2 is 1.96 bits per heavy atom. The number of pyridine rings is 1. The average molecular weight is 382 g/mol. The summed E-state index contributed by atoms with van der Waals surface area (Å²) in [7, 11) is 0. The number of rotatable bonds is 5. The Morgan fingerprint density at radius 3 is 2.56 bits per heavy atom. The van der Waals surface area contributed by atoms with E-state index in [1.807, 2.05) is 19.1 Å². The smallest absolute Gasteiger partial charge is 0.252 e. The fourth-order valence-electron chi connectivity index (χ4n) is 3.25. The van der Waals surface area contributed by atoms with E-state index in [4.69, 9.17) is 10.7 Å². The Balaban J connectivity index is 0.00000113. The molecule has 4 rings (SSSR count). The summed E-state index contributed by atoms with van der Waals surface area (Å²) in [6.45, 7) is 2.55. The maximum absolute atomic E-state index is 12.9. The van der Waals surface area contributed by atoms with Crippen molar-refractivity contribution < 1.29 is 4.79 Å². The van der Waals surface area contributed by atoms with Crippen molar-refractivity contribution in [3.05, 3.63) is 41.1 Å². The molecule has 1 heterocycles. The number of fused-ring (bicyclic) bond motifs is 1. The summed E-state index contributed by atoms with van der Waals surface area (Å²) >= 11 is 0. The van der Waals surface area contributed by atoms with E-state index < -0.39 is 0 Å². The Bertz CT molecular complexity index is 773. The highest BCUT2D eigenvalue weighted by molar-refractivity contribution is 6.06. The molecule has 0 aliphatic heterocycles. The van der Waals surface area contributed by atoms with E-state index in [1.54, 1.807) is 0 Å². The number of halogens is 2. The predicted molar refractivity (Wildman–Crippen MR) is 106 cm³/mol. The molecule has 25 heavy (non-hydrogen) atoms. The van der Waals surface area contributed by atoms with Crippen molar-refractivity contribution in [3.63, 3.8) is 0 Å². The number of aryl methyl sites for hydroxylation is 1. The van der Waals surface area contributed by atoms with Gasteiger partial charge in [0.05, 0.1) is 11.1 Å². The molecule has 4 nitrogen and oxygen atoms in total. The molecule has 6 heteroatoms. The van der Waals surface area contributed by atoms with Crippen LogP contribution in [0.25, 0.3) is 10.9 Å². The van der Waals surface area contributed by atoms with Gasteiger partial charge in [0.1, 0.15) is 0 Å². The predicted octanol–water partition coefficient (Wildman–Crippen LogP) is 3.73. The van der Waals surface area contributed by atoms with Crippen molar-refractivity contribution >= 4 is 41.6 Å². The highest BCUT2D eigenvalue weighted by Gasteiger charge is 2.32. The molecule has 2 aliphatic carbocycles. The maximum Gasteiger partial charge on any atom is 0.252 e. The van der Waals surface area contributed by atoms with Crippen molar-refractivity contribution in [2.24, 2.45) is 11.7 Å².